The Bertz CT molecular complexity index is 1290. The lowest BCUT2D eigenvalue weighted by molar-refractivity contribution is 0.206. The van der Waals surface area contributed by atoms with Crippen LogP contribution in [0.2, 0.25) is 0 Å². The zero-order valence-corrected chi connectivity index (χ0v) is 17.6. The number of amides is 2. The van der Waals surface area contributed by atoms with E-state index in [1.807, 2.05) is 54.4 Å². The van der Waals surface area contributed by atoms with Crippen molar-refractivity contribution in [1.82, 2.24) is 19.7 Å². The minimum atomic E-state index is -0.301. The minimum Gasteiger partial charge on any atom is -0.354 e. The number of aromatic nitrogens is 3. The van der Waals surface area contributed by atoms with Gasteiger partial charge in [0.15, 0.2) is 0 Å². The number of rotatable bonds is 4. The van der Waals surface area contributed by atoms with Crippen LogP contribution in [0.1, 0.15) is 30.1 Å². The van der Waals surface area contributed by atoms with Gasteiger partial charge >= 0.3 is 6.03 Å². The zero-order valence-electron chi connectivity index (χ0n) is 17.6. The van der Waals surface area contributed by atoms with Crippen LogP contribution in [0, 0.1) is 12.7 Å². The molecule has 0 spiro atoms. The molecule has 1 aliphatic heterocycles. The first-order chi connectivity index (χ1) is 15.6. The summed E-state index contributed by atoms with van der Waals surface area (Å²) < 4.78 is 15.1. The smallest absolute Gasteiger partial charge is 0.322 e. The molecule has 0 aliphatic carbocycles. The van der Waals surface area contributed by atoms with E-state index in [1.165, 1.54) is 12.1 Å². The maximum absolute atomic E-state index is 13.5. The van der Waals surface area contributed by atoms with Crippen molar-refractivity contribution in [3.05, 3.63) is 83.9 Å². The number of anilines is 3. The molecule has 162 valence electrons. The molecule has 1 aliphatic rings. The highest BCUT2D eigenvalue weighted by Crippen LogP contribution is 2.34. The molecule has 2 aromatic carbocycles. The van der Waals surface area contributed by atoms with E-state index in [0.29, 0.717) is 12.2 Å². The van der Waals surface area contributed by atoms with Crippen molar-refractivity contribution in [2.75, 3.05) is 17.2 Å². The maximum atomic E-state index is 13.5. The average molecular weight is 430 g/mol. The third-order valence-corrected chi connectivity index (χ3v) is 5.65. The lowest BCUT2D eigenvalue weighted by Gasteiger charge is -2.24. The summed E-state index contributed by atoms with van der Waals surface area (Å²) in [7, 11) is 0. The molecule has 2 N–H and O–H groups in total. The van der Waals surface area contributed by atoms with Crippen molar-refractivity contribution in [2.24, 2.45) is 0 Å². The lowest BCUT2D eigenvalue weighted by Crippen LogP contribution is -2.34. The van der Waals surface area contributed by atoms with Crippen LogP contribution in [0.4, 0.5) is 26.2 Å². The molecule has 2 aromatic heterocycles. The van der Waals surface area contributed by atoms with E-state index >= 15 is 0 Å². The Balaban J connectivity index is 1.37. The Labute approximate surface area is 184 Å². The number of fused-ring (bicyclic) bond motifs is 1. The highest BCUT2D eigenvalue weighted by Gasteiger charge is 2.33. The number of carbonyl (C=O) groups excluding carboxylic acids is 1. The van der Waals surface area contributed by atoms with E-state index in [4.69, 9.17) is 0 Å². The Morgan fingerprint density at radius 2 is 1.91 bits per heavy atom. The van der Waals surface area contributed by atoms with Gasteiger partial charge in [-0.1, -0.05) is 23.4 Å². The Kier molecular flexibility index (Phi) is 5.18. The van der Waals surface area contributed by atoms with Gasteiger partial charge in [0.05, 0.1) is 23.4 Å². The van der Waals surface area contributed by atoms with Crippen molar-refractivity contribution < 1.29 is 9.18 Å². The standard InChI is InChI=1S/C24H23FN6O/c1-16-5-2-7-18(13-16)27-24(32)30-12-4-9-21(30)23-22-11-10-20(15-31(22)29-28-23)26-19-8-3-6-17(25)14-19/h2-3,5-8,10-11,13-15,21,26H,4,9,12H2,1H3,(H,27,32). The first kappa shape index (κ1) is 20.0. The van der Waals surface area contributed by atoms with Gasteiger partial charge in [-0.3, -0.25) is 0 Å². The monoisotopic (exact) mass is 430 g/mol. The molecule has 1 atom stereocenters. The molecule has 32 heavy (non-hydrogen) atoms. The third-order valence-electron chi connectivity index (χ3n) is 5.65. The SMILES string of the molecule is Cc1cccc(NC(=O)N2CCCC2c2nnn3cc(Nc4cccc(F)c4)ccc23)c1. The van der Waals surface area contributed by atoms with Gasteiger partial charge in [-0.15, -0.1) is 5.10 Å². The number of pyridine rings is 1. The molecule has 1 fully saturated rings. The summed E-state index contributed by atoms with van der Waals surface area (Å²) in [5, 5.41) is 14.8. The number of aryl methyl sites for hydroxylation is 1. The van der Waals surface area contributed by atoms with E-state index < -0.39 is 0 Å². The van der Waals surface area contributed by atoms with Gasteiger partial charge in [0.1, 0.15) is 11.5 Å². The Morgan fingerprint density at radius 1 is 1.06 bits per heavy atom. The second-order valence-electron chi connectivity index (χ2n) is 8.01. The topological polar surface area (TPSA) is 74.6 Å². The van der Waals surface area contributed by atoms with E-state index in [-0.39, 0.29) is 17.9 Å². The van der Waals surface area contributed by atoms with Crippen LogP contribution in [0.25, 0.3) is 5.52 Å². The van der Waals surface area contributed by atoms with Gasteiger partial charge in [0.2, 0.25) is 0 Å². The molecule has 1 unspecified atom stereocenters. The van der Waals surface area contributed by atoms with Crippen LogP contribution in [-0.4, -0.2) is 32.3 Å². The maximum Gasteiger partial charge on any atom is 0.322 e. The molecule has 0 saturated carbocycles. The summed E-state index contributed by atoms with van der Waals surface area (Å²) in [5.74, 6) is -0.301. The van der Waals surface area contributed by atoms with Gasteiger partial charge in [-0.25, -0.2) is 13.7 Å². The molecule has 1 saturated heterocycles. The number of halogens is 1. The first-order valence-corrected chi connectivity index (χ1v) is 10.6. The predicted octanol–water partition coefficient (Wildman–Crippen LogP) is 5.29. The molecule has 7 nitrogen and oxygen atoms in total. The first-order valence-electron chi connectivity index (χ1n) is 10.6. The van der Waals surface area contributed by atoms with Crippen LogP contribution in [0.15, 0.2) is 66.9 Å². The third kappa shape index (κ3) is 3.99. The highest BCUT2D eigenvalue weighted by molar-refractivity contribution is 5.90. The lowest BCUT2D eigenvalue weighted by atomic mass is 10.1. The highest BCUT2D eigenvalue weighted by atomic mass is 19.1. The number of likely N-dealkylation sites (tertiary alicyclic amines) is 1. The van der Waals surface area contributed by atoms with Crippen molar-refractivity contribution in [3.8, 4) is 0 Å². The summed E-state index contributed by atoms with van der Waals surface area (Å²) in [6.45, 7) is 2.66. The number of hydrogen-bond acceptors (Lipinski definition) is 4. The van der Waals surface area contributed by atoms with Gasteiger partial charge < -0.3 is 15.5 Å². The number of benzene rings is 2. The van der Waals surface area contributed by atoms with E-state index in [1.54, 1.807) is 16.6 Å². The van der Waals surface area contributed by atoms with Gasteiger partial charge in [0.25, 0.3) is 0 Å². The van der Waals surface area contributed by atoms with E-state index in [9.17, 15) is 9.18 Å². The molecule has 0 radical (unpaired) electrons. The number of urea groups is 1. The molecule has 4 aromatic rings. The average Bonchev–Trinajstić information content (AvgIpc) is 3.40. The molecule has 8 heteroatoms. The molecular weight excluding hydrogens is 407 g/mol. The molecule has 5 rings (SSSR count). The summed E-state index contributed by atoms with van der Waals surface area (Å²) in [5.41, 5.74) is 4.91. The summed E-state index contributed by atoms with van der Waals surface area (Å²) >= 11 is 0. The zero-order chi connectivity index (χ0) is 22.1. The van der Waals surface area contributed by atoms with Crippen LogP contribution in [0.5, 0.6) is 0 Å². The second kappa shape index (κ2) is 8.30. The fraction of sp³-hybridized carbons (Fsp3) is 0.208. The summed E-state index contributed by atoms with van der Waals surface area (Å²) in [4.78, 5) is 14.8. The fourth-order valence-corrected chi connectivity index (χ4v) is 4.17. The van der Waals surface area contributed by atoms with Crippen molar-refractivity contribution in [1.29, 1.82) is 0 Å². The van der Waals surface area contributed by atoms with Gasteiger partial charge in [-0.2, -0.15) is 0 Å². The van der Waals surface area contributed by atoms with Gasteiger partial charge in [0, 0.05) is 17.9 Å². The molecule has 3 heterocycles. The Hall–Kier alpha value is -3.94. The Morgan fingerprint density at radius 3 is 2.75 bits per heavy atom. The number of nitrogens with one attached hydrogen (secondary N) is 2. The van der Waals surface area contributed by atoms with Crippen molar-refractivity contribution in [2.45, 2.75) is 25.8 Å². The minimum absolute atomic E-state index is 0.136. The normalized spacial score (nSPS) is 15.8. The van der Waals surface area contributed by atoms with E-state index in [0.717, 1.165) is 41.0 Å². The summed E-state index contributed by atoms with van der Waals surface area (Å²) in [6, 6.07) is 17.6. The van der Waals surface area contributed by atoms with E-state index in [2.05, 4.69) is 20.9 Å². The predicted molar refractivity (Wildman–Crippen MR) is 122 cm³/mol. The molecule has 2 amide bonds. The van der Waals surface area contributed by atoms with Crippen LogP contribution < -0.4 is 10.6 Å². The second-order valence-corrected chi connectivity index (χ2v) is 8.01. The van der Waals surface area contributed by atoms with Crippen LogP contribution in [-0.2, 0) is 0 Å². The number of hydrogen-bond donors (Lipinski definition) is 2. The van der Waals surface area contributed by atoms with Crippen molar-refractivity contribution >= 4 is 28.6 Å². The van der Waals surface area contributed by atoms with Gasteiger partial charge in [-0.05, 0) is 67.8 Å². The fourth-order valence-electron chi connectivity index (χ4n) is 4.17. The molecule has 0 bridgehead atoms. The summed E-state index contributed by atoms with van der Waals surface area (Å²) in [6.07, 6.45) is 3.55. The van der Waals surface area contributed by atoms with Crippen LogP contribution in [0.3, 0.4) is 0 Å². The van der Waals surface area contributed by atoms with Crippen LogP contribution >= 0.6 is 0 Å². The largest absolute Gasteiger partial charge is 0.354 e. The number of nitrogens with zero attached hydrogens (tertiary/aromatic N) is 4. The van der Waals surface area contributed by atoms with Crippen molar-refractivity contribution in [3.63, 3.8) is 0 Å². The quantitative estimate of drug-likeness (QED) is 0.461. The number of carbonyl (C=O) groups is 1. The molecular formula is C24H23FN6O.